The molecule has 4 rings (SSSR count). The van der Waals surface area contributed by atoms with Crippen LogP contribution in [-0.2, 0) is 12.0 Å². The first-order chi connectivity index (χ1) is 13.4. The van der Waals surface area contributed by atoms with Gasteiger partial charge in [-0.25, -0.2) is 4.39 Å². The third-order valence-electron chi connectivity index (χ3n) is 5.55. The number of benzene rings is 2. The first kappa shape index (κ1) is 18.4. The van der Waals surface area contributed by atoms with Gasteiger partial charge in [0.1, 0.15) is 5.82 Å². The summed E-state index contributed by atoms with van der Waals surface area (Å²) in [5, 5.41) is 7.52. The van der Waals surface area contributed by atoms with E-state index in [2.05, 4.69) is 16.5 Å². The zero-order valence-electron chi connectivity index (χ0n) is 16.2. The third kappa shape index (κ3) is 3.84. The quantitative estimate of drug-likeness (QED) is 0.701. The maximum absolute atomic E-state index is 13.1. The van der Waals surface area contributed by atoms with Gasteiger partial charge in [-0.05, 0) is 68.1 Å². The highest BCUT2D eigenvalue weighted by Gasteiger charge is 2.44. The lowest BCUT2D eigenvalue weighted by atomic mass is 9.96. The van der Waals surface area contributed by atoms with E-state index in [0.717, 1.165) is 35.4 Å². The monoisotopic (exact) mass is 377 g/mol. The molecule has 144 valence electrons. The van der Waals surface area contributed by atoms with Gasteiger partial charge < -0.3 is 5.32 Å². The summed E-state index contributed by atoms with van der Waals surface area (Å²) in [6.07, 6.45) is 2.03. The summed E-state index contributed by atoms with van der Waals surface area (Å²) in [5.74, 6) is -0.310. The van der Waals surface area contributed by atoms with Crippen LogP contribution >= 0.6 is 0 Å². The number of halogens is 1. The van der Waals surface area contributed by atoms with Gasteiger partial charge in [0, 0.05) is 23.2 Å². The second-order valence-electron chi connectivity index (χ2n) is 7.75. The number of aromatic nitrogens is 2. The summed E-state index contributed by atoms with van der Waals surface area (Å²) in [7, 11) is 0. The third-order valence-corrected chi connectivity index (χ3v) is 5.55. The summed E-state index contributed by atoms with van der Waals surface area (Å²) in [5.41, 5.74) is 4.92. The lowest BCUT2D eigenvalue weighted by Crippen LogP contribution is -2.32. The SMILES string of the molecule is Cc1cc(C)n(Cc2ccc(C(=O)NCC3(c4ccc(F)cc4)CC3)cc2)n1. The Balaban J connectivity index is 1.37. The molecule has 1 aliphatic rings. The van der Waals surface area contributed by atoms with Crippen molar-refractivity contribution in [3.8, 4) is 0 Å². The molecule has 3 aromatic rings. The fraction of sp³-hybridized carbons (Fsp3) is 0.304. The lowest BCUT2D eigenvalue weighted by Gasteiger charge is -2.17. The van der Waals surface area contributed by atoms with Crippen LogP contribution in [0.5, 0.6) is 0 Å². The predicted octanol–water partition coefficient (Wildman–Crippen LogP) is 4.15. The van der Waals surface area contributed by atoms with Crippen LogP contribution in [0.4, 0.5) is 4.39 Å². The predicted molar refractivity (Wildman–Crippen MR) is 107 cm³/mol. The number of carbonyl (C=O) groups excluding carboxylic acids is 1. The molecule has 1 amide bonds. The number of hydrogen-bond acceptors (Lipinski definition) is 2. The van der Waals surface area contributed by atoms with Crippen LogP contribution in [0.25, 0.3) is 0 Å². The zero-order chi connectivity index (χ0) is 19.7. The Morgan fingerprint density at radius 3 is 2.36 bits per heavy atom. The molecular weight excluding hydrogens is 353 g/mol. The number of nitrogens with zero attached hydrogens (tertiary/aromatic N) is 2. The number of rotatable bonds is 6. The van der Waals surface area contributed by atoms with Gasteiger partial charge >= 0.3 is 0 Å². The zero-order valence-corrected chi connectivity index (χ0v) is 16.2. The molecule has 0 radical (unpaired) electrons. The molecule has 1 aliphatic carbocycles. The average Bonchev–Trinajstić information content (AvgIpc) is 3.41. The highest BCUT2D eigenvalue weighted by Crippen LogP contribution is 2.47. The van der Waals surface area contributed by atoms with Crippen LogP contribution in [-0.4, -0.2) is 22.2 Å². The van der Waals surface area contributed by atoms with Gasteiger partial charge in [-0.3, -0.25) is 9.48 Å². The van der Waals surface area contributed by atoms with E-state index in [4.69, 9.17) is 0 Å². The van der Waals surface area contributed by atoms with Gasteiger partial charge in [-0.1, -0.05) is 24.3 Å². The van der Waals surface area contributed by atoms with Gasteiger partial charge in [0.15, 0.2) is 0 Å². The second kappa shape index (κ2) is 7.23. The average molecular weight is 377 g/mol. The Hall–Kier alpha value is -2.95. The summed E-state index contributed by atoms with van der Waals surface area (Å²) < 4.78 is 15.1. The Morgan fingerprint density at radius 2 is 1.79 bits per heavy atom. The molecule has 0 spiro atoms. The second-order valence-corrected chi connectivity index (χ2v) is 7.75. The molecular formula is C23H24FN3O. The Morgan fingerprint density at radius 1 is 1.11 bits per heavy atom. The molecule has 2 aromatic carbocycles. The molecule has 1 saturated carbocycles. The van der Waals surface area contributed by atoms with Crippen molar-refractivity contribution in [2.24, 2.45) is 0 Å². The van der Waals surface area contributed by atoms with Gasteiger partial charge in [-0.15, -0.1) is 0 Å². The molecule has 1 fully saturated rings. The van der Waals surface area contributed by atoms with Crippen LogP contribution in [0, 0.1) is 19.7 Å². The van der Waals surface area contributed by atoms with Crippen molar-refractivity contribution in [2.45, 2.75) is 38.6 Å². The first-order valence-electron chi connectivity index (χ1n) is 9.59. The number of aryl methyl sites for hydroxylation is 2. The van der Waals surface area contributed by atoms with E-state index < -0.39 is 0 Å². The topological polar surface area (TPSA) is 46.9 Å². The largest absolute Gasteiger partial charge is 0.351 e. The van der Waals surface area contributed by atoms with Gasteiger partial charge in [0.2, 0.25) is 0 Å². The molecule has 1 heterocycles. The smallest absolute Gasteiger partial charge is 0.251 e. The molecule has 1 N–H and O–H groups in total. The molecule has 5 heteroatoms. The molecule has 0 unspecified atom stereocenters. The molecule has 0 aliphatic heterocycles. The number of nitrogens with one attached hydrogen (secondary N) is 1. The summed E-state index contributed by atoms with van der Waals surface area (Å²) in [6, 6.07) is 16.3. The molecule has 0 bridgehead atoms. The lowest BCUT2D eigenvalue weighted by molar-refractivity contribution is 0.0949. The number of amides is 1. The van der Waals surface area contributed by atoms with Crippen molar-refractivity contribution >= 4 is 5.91 Å². The van der Waals surface area contributed by atoms with E-state index in [9.17, 15) is 9.18 Å². The first-order valence-corrected chi connectivity index (χ1v) is 9.59. The Bertz CT molecular complexity index is 986. The highest BCUT2D eigenvalue weighted by molar-refractivity contribution is 5.94. The van der Waals surface area contributed by atoms with Crippen LogP contribution in [0.15, 0.2) is 54.6 Å². The van der Waals surface area contributed by atoms with Crippen molar-refractivity contribution < 1.29 is 9.18 Å². The fourth-order valence-electron chi connectivity index (χ4n) is 3.64. The minimum Gasteiger partial charge on any atom is -0.351 e. The minimum atomic E-state index is -0.232. The number of carbonyl (C=O) groups is 1. The highest BCUT2D eigenvalue weighted by atomic mass is 19.1. The molecule has 1 aromatic heterocycles. The number of hydrogen-bond donors (Lipinski definition) is 1. The van der Waals surface area contributed by atoms with Crippen LogP contribution in [0.2, 0.25) is 0 Å². The van der Waals surface area contributed by atoms with E-state index in [1.54, 1.807) is 0 Å². The Labute approximate surface area is 164 Å². The standard InChI is InChI=1S/C23H24FN3O/c1-16-13-17(2)27(26-16)14-18-3-5-19(6-4-18)22(28)25-15-23(11-12-23)20-7-9-21(24)10-8-20/h3-10,13H,11-12,14-15H2,1-2H3,(H,25,28). The summed E-state index contributed by atoms with van der Waals surface area (Å²) in [6.45, 7) is 5.28. The minimum absolute atomic E-state index is 0.0429. The van der Waals surface area contributed by atoms with E-state index in [0.29, 0.717) is 18.7 Å². The van der Waals surface area contributed by atoms with E-state index in [1.807, 2.05) is 54.9 Å². The van der Waals surface area contributed by atoms with E-state index >= 15 is 0 Å². The molecule has 0 atom stereocenters. The molecule has 0 saturated heterocycles. The maximum Gasteiger partial charge on any atom is 0.251 e. The normalized spacial score (nSPS) is 14.7. The molecule has 4 nitrogen and oxygen atoms in total. The van der Waals surface area contributed by atoms with Crippen LogP contribution in [0.1, 0.15) is 45.7 Å². The van der Waals surface area contributed by atoms with Crippen molar-refractivity contribution in [2.75, 3.05) is 6.54 Å². The van der Waals surface area contributed by atoms with E-state index in [-0.39, 0.29) is 17.1 Å². The van der Waals surface area contributed by atoms with Crippen molar-refractivity contribution in [3.63, 3.8) is 0 Å². The fourth-order valence-corrected chi connectivity index (χ4v) is 3.64. The maximum atomic E-state index is 13.1. The van der Waals surface area contributed by atoms with Gasteiger partial charge in [0.05, 0.1) is 12.2 Å². The summed E-state index contributed by atoms with van der Waals surface area (Å²) in [4.78, 5) is 12.5. The Kier molecular flexibility index (Phi) is 4.75. The van der Waals surface area contributed by atoms with Crippen LogP contribution in [0.3, 0.4) is 0 Å². The van der Waals surface area contributed by atoms with Gasteiger partial charge in [0.25, 0.3) is 5.91 Å². The summed E-state index contributed by atoms with van der Waals surface area (Å²) >= 11 is 0. The van der Waals surface area contributed by atoms with Crippen molar-refractivity contribution in [1.82, 2.24) is 15.1 Å². The van der Waals surface area contributed by atoms with E-state index in [1.165, 1.54) is 12.1 Å². The van der Waals surface area contributed by atoms with Crippen molar-refractivity contribution in [1.29, 1.82) is 0 Å². The van der Waals surface area contributed by atoms with Gasteiger partial charge in [-0.2, -0.15) is 5.10 Å². The van der Waals surface area contributed by atoms with Crippen molar-refractivity contribution in [3.05, 3.63) is 88.5 Å². The van der Waals surface area contributed by atoms with Crippen LogP contribution < -0.4 is 5.32 Å². The molecule has 28 heavy (non-hydrogen) atoms.